The smallest absolute Gasteiger partial charge is 0.255 e. The number of hydrogen-bond donors (Lipinski definition) is 1. The number of aromatic nitrogens is 2. The predicted octanol–water partition coefficient (Wildman–Crippen LogP) is 2.45. The molecule has 6 nitrogen and oxygen atoms in total. The molecular weight excluding hydrogens is 306 g/mol. The highest BCUT2D eigenvalue weighted by Gasteiger charge is 2.30. The predicted molar refractivity (Wildman–Crippen MR) is 89.7 cm³/mol. The molecule has 0 aliphatic carbocycles. The molecule has 1 aliphatic heterocycles. The minimum absolute atomic E-state index is 0.0759. The summed E-state index contributed by atoms with van der Waals surface area (Å²) in [5.74, 6) is 1.24. The summed E-state index contributed by atoms with van der Waals surface area (Å²) >= 11 is 0. The van der Waals surface area contributed by atoms with Crippen molar-refractivity contribution in [3.8, 4) is 0 Å². The van der Waals surface area contributed by atoms with Crippen LogP contribution >= 0.6 is 0 Å². The van der Waals surface area contributed by atoms with E-state index in [1.807, 2.05) is 13.0 Å². The van der Waals surface area contributed by atoms with Gasteiger partial charge < -0.3 is 19.3 Å². The first-order valence-electron chi connectivity index (χ1n) is 8.46. The van der Waals surface area contributed by atoms with Gasteiger partial charge in [0.15, 0.2) is 5.82 Å². The van der Waals surface area contributed by atoms with E-state index < -0.39 is 0 Å². The van der Waals surface area contributed by atoms with Crippen LogP contribution in [0.1, 0.15) is 36.2 Å². The van der Waals surface area contributed by atoms with E-state index in [2.05, 4.69) is 39.7 Å². The number of aryl methyl sites for hydroxylation is 1. The lowest BCUT2D eigenvalue weighted by molar-refractivity contribution is 0.0236. The van der Waals surface area contributed by atoms with Crippen molar-refractivity contribution >= 4 is 0 Å². The highest BCUT2D eigenvalue weighted by molar-refractivity contribution is 5.15. The zero-order chi connectivity index (χ0) is 16.8. The first kappa shape index (κ1) is 17.1. The lowest BCUT2D eigenvalue weighted by Gasteiger charge is -2.20. The summed E-state index contributed by atoms with van der Waals surface area (Å²) in [6.45, 7) is 3.29. The van der Waals surface area contributed by atoms with Gasteiger partial charge in [-0.2, -0.15) is 4.98 Å². The van der Waals surface area contributed by atoms with E-state index in [1.165, 1.54) is 5.56 Å². The van der Waals surface area contributed by atoms with E-state index in [4.69, 9.17) is 14.0 Å². The van der Waals surface area contributed by atoms with E-state index in [0.717, 1.165) is 25.8 Å². The maximum atomic E-state index is 6.04. The average Bonchev–Trinajstić information content (AvgIpc) is 3.22. The number of methoxy groups -OCH3 is 1. The second-order valence-corrected chi connectivity index (χ2v) is 6.25. The van der Waals surface area contributed by atoms with Gasteiger partial charge in [0.1, 0.15) is 6.10 Å². The average molecular weight is 331 g/mol. The summed E-state index contributed by atoms with van der Waals surface area (Å²) in [4.78, 5) is 4.26. The van der Waals surface area contributed by atoms with Crippen molar-refractivity contribution in [1.82, 2.24) is 15.5 Å². The molecule has 1 aliphatic rings. The van der Waals surface area contributed by atoms with E-state index >= 15 is 0 Å². The van der Waals surface area contributed by atoms with Crippen LogP contribution in [0.3, 0.4) is 0 Å². The molecule has 6 heteroatoms. The number of rotatable bonds is 8. The molecule has 0 spiro atoms. The van der Waals surface area contributed by atoms with Crippen LogP contribution < -0.4 is 5.32 Å². The third-order valence-corrected chi connectivity index (χ3v) is 4.25. The molecule has 0 unspecified atom stereocenters. The van der Waals surface area contributed by atoms with Crippen molar-refractivity contribution in [3.05, 3.63) is 47.6 Å². The Bertz CT molecular complexity index is 617. The van der Waals surface area contributed by atoms with Gasteiger partial charge in [0.05, 0.1) is 12.7 Å². The normalized spacial score (nSPS) is 21.9. The molecule has 2 aromatic rings. The lowest BCUT2D eigenvalue weighted by atomic mass is 10.1. The monoisotopic (exact) mass is 331 g/mol. The van der Waals surface area contributed by atoms with Gasteiger partial charge in [0.2, 0.25) is 0 Å². The summed E-state index contributed by atoms with van der Waals surface area (Å²) in [6, 6.07) is 10.7. The SMILES string of the molecule is COC[C@@H](Cc1ccccc1)NC[C@H]1CC[C@@H](c2nc(C)no2)O1. The summed E-state index contributed by atoms with van der Waals surface area (Å²) < 4.78 is 16.6. The number of benzene rings is 1. The second kappa shape index (κ2) is 8.37. The number of nitrogens with zero attached hydrogens (tertiary/aromatic N) is 2. The Hall–Kier alpha value is -1.76. The first-order valence-corrected chi connectivity index (χ1v) is 8.46. The topological polar surface area (TPSA) is 69.4 Å². The minimum Gasteiger partial charge on any atom is -0.383 e. The van der Waals surface area contributed by atoms with Crippen LogP contribution in [0, 0.1) is 6.92 Å². The quantitative estimate of drug-likeness (QED) is 0.801. The van der Waals surface area contributed by atoms with E-state index in [1.54, 1.807) is 7.11 Å². The van der Waals surface area contributed by atoms with Crippen LogP contribution in [0.4, 0.5) is 0 Å². The Morgan fingerprint density at radius 3 is 2.83 bits per heavy atom. The fourth-order valence-electron chi connectivity index (χ4n) is 3.07. The summed E-state index contributed by atoms with van der Waals surface area (Å²) in [7, 11) is 1.74. The summed E-state index contributed by atoms with van der Waals surface area (Å²) in [6.07, 6.45) is 2.93. The maximum Gasteiger partial charge on any atom is 0.255 e. The van der Waals surface area contributed by atoms with Gasteiger partial charge in [0, 0.05) is 19.7 Å². The third kappa shape index (κ3) is 4.63. The Labute approximate surface area is 142 Å². The van der Waals surface area contributed by atoms with Crippen molar-refractivity contribution in [2.24, 2.45) is 0 Å². The Morgan fingerprint density at radius 2 is 2.12 bits per heavy atom. The summed E-state index contributed by atoms with van der Waals surface area (Å²) in [5, 5.41) is 7.41. The van der Waals surface area contributed by atoms with E-state index in [9.17, 15) is 0 Å². The van der Waals surface area contributed by atoms with Crippen molar-refractivity contribution in [1.29, 1.82) is 0 Å². The molecule has 0 bridgehead atoms. The van der Waals surface area contributed by atoms with Crippen LogP contribution in [0.25, 0.3) is 0 Å². The van der Waals surface area contributed by atoms with Gasteiger partial charge in [-0.3, -0.25) is 0 Å². The zero-order valence-electron chi connectivity index (χ0n) is 14.3. The number of nitrogens with one attached hydrogen (secondary N) is 1. The molecule has 1 aromatic carbocycles. The van der Waals surface area contributed by atoms with Gasteiger partial charge in [-0.1, -0.05) is 35.5 Å². The molecule has 0 saturated carbocycles. The molecule has 3 atom stereocenters. The molecule has 2 heterocycles. The molecule has 1 aromatic heterocycles. The molecular formula is C18H25N3O3. The Balaban J connectivity index is 1.48. The Kier molecular flexibility index (Phi) is 5.96. The summed E-state index contributed by atoms with van der Waals surface area (Å²) in [5.41, 5.74) is 1.30. The van der Waals surface area contributed by atoms with Crippen LogP contribution in [-0.2, 0) is 15.9 Å². The van der Waals surface area contributed by atoms with Gasteiger partial charge in [0.25, 0.3) is 5.89 Å². The van der Waals surface area contributed by atoms with Crippen molar-refractivity contribution < 1.29 is 14.0 Å². The minimum atomic E-state index is -0.0759. The number of ether oxygens (including phenoxy) is 2. The van der Waals surface area contributed by atoms with Crippen LogP contribution in [0.2, 0.25) is 0 Å². The maximum absolute atomic E-state index is 6.04. The fraction of sp³-hybridized carbons (Fsp3) is 0.556. The van der Waals surface area contributed by atoms with Crippen molar-refractivity contribution in [3.63, 3.8) is 0 Å². The van der Waals surface area contributed by atoms with Gasteiger partial charge in [-0.25, -0.2) is 0 Å². The molecule has 3 rings (SSSR count). The molecule has 1 fully saturated rings. The van der Waals surface area contributed by atoms with Crippen LogP contribution in [0.5, 0.6) is 0 Å². The largest absolute Gasteiger partial charge is 0.383 e. The molecule has 130 valence electrons. The van der Waals surface area contributed by atoms with Crippen molar-refractivity contribution in [2.75, 3.05) is 20.3 Å². The van der Waals surface area contributed by atoms with Crippen LogP contribution in [0.15, 0.2) is 34.9 Å². The highest BCUT2D eigenvalue weighted by Crippen LogP contribution is 2.31. The van der Waals surface area contributed by atoms with Gasteiger partial charge in [-0.05, 0) is 31.7 Å². The third-order valence-electron chi connectivity index (χ3n) is 4.25. The van der Waals surface area contributed by atoms with Gasteiger partial charge >= 0.3 is 0 Å². The van der Waals surface area contributed by atoms with Crippen molar-refractivity contribution in [2.45, 2.75) is 44.4 Å². The molecule has 0 amide bonds. The molecule has 0 radical (unpaired) electrons. The molecule has 1 N–H and O–H groups in total. The molecule has 1 saturated heterocycles. The van der Waals surface area contributed by atoms with Crippen LogP contribution in [-0.4, -0.2) is 42.5 Å². The zero-order valence-corrected chi connectivity index (χ0v) is 14.3. The first-order chi connectivity index (χ1) is 11.7. The lowest BCUT2D eigenvalue weighted by Crippen LogP contribution is -2.39. The fourth-order valence-corrected chi connectivity index (χ4v) is 3.07. The van der Waals surface area contributed by atoms with Gasteiger partial charge in [-0.15, -0.1) is 0 Å². The highest BCUT2D eigenvalue weighted by atomic mass is 16.5. The molecule has 24 heavy (non-hydrogen) atoms. The van der Waals surface area contributed by atoms with E-state index in [0.29, 0.717) is 18.3 Å². The second-order valence-electron chi connectivity index (χ2n) is 6.25. The van der Waals surface area contributed by atoms with E-state index in [-0.39, 0.29) is 18.2 Å². The number of hydrogen-bond acceptors (Lipinski definition) is 6. The standard InChI is InChI=1S/C18H25N3O3/c1-13-20-18(24-21-13)17-9-8-16(23-17)11-19-15(12-22-2)10-14-6-4-3-5-7-14/h3-7,15-17,19H,8-12H2,1-2H3/t15-,16-,17+/m1/s1. The Morgan fingerprint density at radius 1 is 1.29 bits per heavy atom.